The van der Waals surface area contributed by atoms with E-state index in [-0.39, 0.29) is 30.3 Å². The van der Waals surface area contributed by atoms with E-state index in [0.717, 1.165) is 68.6 Å². The van der Waals surface area contributed by atoms with E-state index in [1.165, 1.54) is 6.20 Å². The molecule has 0 aromatic carbocycles. The Morgan fingerprint density at radius 2 is 1.87 bits per heavy atom. The van der Waals surface area contributed by atoms with Gasteiger partial charge in [0.2, 0.25) is 0 Å². The lowest BCUT2D eigenvalue weighted by atomic mass is 9.84. The van der Waals surface area contributed by atoms with E-state index in [2.05, 4.69) is 42.9 Å². The van der Waals surface area contributed by atoms with Crippen molar-refractivity contribution in [2.24, 2.45) is 27.7 Å². The van der Waals surface area contributed by atoms with Crippen molar-refractivity contribution >= 4 is 40.6 Å². The predicted molar refractivity (Wildman–Crippen MR) is 170 cm³/mol. The van der Waals surface area contributed by atoms with E-state index in [9.17, 15) is 22.8 Å². The number of hydrogen-bond donors (Lipinski definition) is 3. The molecule has 0 spiro atoms. The molecule has 252 valence electrons. The van der Waals surface area contributed by atoms with Crippen LogP contribution in [0.5, 0.6) is 0 Å². The highest BCUT2D eigenvalue weighted by molar-refractivity contribution is 7.10. The van der Waals surface area contributed by atoms with E-state index in [4.69, 9.17) is 9.47 Å². The van der Waals surface area contributed by atoms with Gasteiger partial charge in [0.05, 0.1) is 31.2 Å². The van der Waals surface area contributed by atoms with Crippen molar-refractivity contribution in [3.8, 4) is 0 Å². The highest BCUT2D eigenvalue weighted by Gasteiger charge is 2.37. The molecule has 0 aliphatic carbocycles. The molecule has 2 amide bonds. The first-order chi connectivity index (χ1) is 22.1. The molecule has 0 saturated carbocycles. The standard InChI is InChI=1S/C31H42F3N7O4S/c1-3-36-30(43)40-26-13-23(28-39-25(18-46-28)31(32,33)34)24(15-37-26)22-12-21(29(42)45-17-19-4-8-35-9-5-19)14-38-27(22)44-16-20-6-10-41(2)11-7-20/h14,18-20,22,35H,3-13,15-17H2,1-2H3,(H2,36,37,40,43). The Balaban J connectivity index is 1.43. The second-order valence-corrected chi connectivity index (χ2v) is 13.0. The van der Waals surface area contributed by atoms with Gasteiger partial charge in [0.25, 0.3) is 0 Å². The van der Waals surface area contributed by atoms with E-state index >= 15 is 0 Å². The van der Waals surface area contributed by atoms with E-state index < -0.39 is 29.8 Å². The quantitative estimate of drug-likeness (QED) is 0.355. The summed E-state index contributed by atoms with van der Waals surface area (Å²) in [6.45, 7) is 6.70. The number of carbonyl (C=O) groups is 2. The van der Waals surface area contributed by atoms with Crippen molar-refractivity contribution < 1.29 is 32.2 Å². The van der Waals surface area contributed by atoms with Gasteiger partial charge in [-0.25, -0.2) is 19.6 Å². The third-order valence-electron chi connectivity index (χ3n) is 8.79. The monoisotopic (exact) mass is 665 g/mol. The number of amides is 2. The van der Waals surface area contributed by atoms with Gasteiger partial charge < -0.3 is 25.0 Å². The molecule has 4 aliphatic rings. The molecule has 5 rings (SSSR count). The van der Waals surface area contributed by atoms with Crippen LogP contribution in [0.2, 0.25) is 0 Å². The van der Waals surface area contributed by atoms with Gasteiger partial charge in [0, 0.05) is 24.5 Å². The Morgan fingerprint density at radius 3 is 2.57 bits per heavy atom. The summed E-state index contributed by atoms with van der Waals surface area (Å²) >= 11 is 0.881. The number of hydrogen-bond acceptors (Lipinski definition) is 10. The number of likely N-dealkylation sites (tertiary alicyclic amines) is 1. The smallest absolute Gasteiger partial charge is 0.434 e. The number of aliphatic imine (C=N–C) groups is 2. The van der Waals surface area contributed by atoms with Crippen molar-refractivity contribution in [2.45, 2.75) is 51.6 Å². The van der Waals surface area contributed by atoms with Crippen LogP contribution in [0.4, 0.5) is 18.0 Å². The number of piperidine rings is 2. The van der Waals surface area contributed by atoms with Crippen molar-refractivity contribution in [3.05, 3.63) is 33.4 Å². The van der Waals surface area contributed by atoms with Crippen LogP contribution < -0.4 is 16.0 Å². The summed E-state index contributed by atoms with van der Waals surface area (Å²) in [7, 11) is 2.09. The lowest BCUT2D eigenvalue weighted by Crippen LogP contribution is -2.41. The third kappa shape index (κ3) is 8.94. The minimum absolute atomic E-state index is 0.0508. The number of nitrogens with one attached hydrogen (secondary N) is 3. The number of carbonyl (C=O) groups excluding carboxylic acids is 2. The number of ether oxygens (including phenoxy) is 2. The zero-order chi connectivity index (χ0) is 32.7. The summed E-state index contributed by atoms with van der Waals surface area (Å²) in [6.07, 6.45) is 0.939. The van der Waals surface area contributed by atoms with Crippen LogP contribution in [0.1, 0.15) is 56.2 Å². The molecule has 15 heteroatoms. The number of thiazole rings is 1. The Morgan fingerprint density at radius 1 is 1.13 bits per heavy atom. The zero-order valence-electron chi connectivity index (χ0n) is 26.3. The molecule has 1 atom stereocenters. The fourth-order valence-corrected chi connectivity index (χ4v) is 6.92. The molecule has 0 radical (unpaired) electrons. The summed E-state index contributed by atoms with van der Waals surface area (Å²) in [6, 6.07) is -0.456. The lowest BCUT2D eigenvalue weighted by Gasteiger charge is -2.32. The van der Waals surface area contributed by atoms with E-state index in [0.29, 0.717) is 54.1 Å². The minimum atomic E-state index is -4.61. The Kier molecular flexibility index (Phi) is 11.5. The third-order valence-corrected chi connectivity index (χ3v) is 9.69. The summed E-state index contributed by atoms with van der Waals surface area (Å²) < 4.78 is 52.8. The van der Waals surface area contributed by atoms with Crippen molar-refractivity contribution in [2.75, 3.05) is 59.5 Å². The number of halogens is 3. The van der Waals surface area contributed by atoms with Gasteiger partial charge in [-0.2, -0.15) is 13.2 Å². The number of urea groups is 1. The number of esters is 1. The van der Waals surface area contributed by atoms with Crippen LogP contribution in [0, 0.1) is 17.8 Å². The Bertz CT molecular complexity index is 1380. The Labute approximate surface area is 270 Å². The molecule has 11 nitrogen and oxygen atoms in total. The molecular weight excluding hydrogens is 623 g/mol. The predicted octanol–water partition coefficient (Wildman–Crippen LogP) is 4.24. The molecule has 0 bridgehead atoms. The average Bonchev–Trinajstić information content (AvgIpc) is 3.55. The van der Waals surface area contributed by atoms with E-state index in [1.54, 1.807) is 6.92 Å². The zero-order valence-corrected chi connectivity index (χ0v) is 27.1. The van der Waals surface area contributed by atoms with Crippen LogP contribution in [-0.2, 0) is 20.4 Å². The molecule has 1 aromatic rings. The molecule has 3 N–H and O–H groups in total. The summed E-state index contributed by atoms with van der Waals surface area (Å²) in [5, 5.41) is 9.81. The molecule has 1 unspecified atom stereocenters. The highest BCUT2D eigenvalue weighted by atomic mass is 32.1. The van der Waals surface area contributed by atoms with Crippen LogP contribution in [0.15, 0.2) is 32.7 Å². The van der Waals surface area contributed by atoms with E-state index in [1.807, 2.05) is 0 Å². The molecular formula is C31H42F3N7O4S. The molecule has 1 aromatic heterocycles. The summed E-state index contributed by atoms with van der Waals surface area (Å²) in [5.41, 5.74) is 0.539. The first-order valence-corrected chi connectivity index (χ1v) is 16.8. The maximum Gasteiger partial charge on any atom is 0.434 e. The topological polar surface area (TPSA) is 130 Å². The fraction of sp³-hybridized carbons (Fsp3) is 0.645. The number of amidine groups is 1. The summed E-state index contributed by atoms with van der Waals surface area (Å²) in [5.74, 6) is 0.291. The average molecular weight is 666 g/mol. The fourth-order valence-electron chi connectivity index (χ4n) is 6.01. The minimum Gasteiger partial charge on any atom is -0.480 e. The van der Waals surface area contributed by atoms with Gasteiger partial charge in [-0.15, -0.1) is 11.3 Å². The number of aromatic nitrogens is 1. The number of alkyl halides is 3. The van der Waals surface area contributed by atoms with Crippen molar-refractivity contribution in [1.82, 2.24) is 25.8 Å². The second-order valence-electron chi connectivity index (χ2n) is 12.2. The van der Waals surface area contributed by atoms with Gasteiger partial charge in [0.1, 0.15) is 10.8 Å². The normalized spacial score (nSPS) is 22.1. The lowest BCUT2D eigenvalue weighted by molar-refractivity contribution is -0.141. The number of rotatable bonds is 8. The molecule has 46 heavy (non-hydrogen) atoms. The van der Waals surface area contributed by atoms with Gasteiger partial charge in [-0.3, -0.25) is 10.3 Å². The Hall–Kier alpha value is -3.30. The summed E-state index contributed by atoms with van der Waals surface area (Å²) in [4.78, 5) is 40.9. The maximum absolute atomic E-state index is 13.6. The first-order valence-electron chi connectivity index (χ1n) is 15.9. The maximum atomic E-state index is 13.6. The molecule has 5 heterocycles. The van der Waals surface area contributed by atoms with Crippen molar-refractivity contribution in [3.63, 3.8) is 0 Å². The number of nitrogens with zero attached hydrogens (tertiary/aromatic N) is 4. The number of dihydropyridines is 1. The van der Waals surface area contributed by atoms with Gasteiger partial charge in [-0.1, -0.05) is 0 Å². The second kappa shape index (κ2) is 15.5. The van der Waals surface area contributed by atoms with Crippen LogP contribution in [-0.4, -0.2) is 93.1 Å². The van der Waals surface area contributed by atoms with Gasteiger partial charge in [0.15, 0.2) is 11.6 Å². The van der Waals surface area contributed by atoms with Crippen LogP contribution in [0.3, 0.4) is 0 Å². The van der Waals surface area contributed by atoms with Crippen molar-refractivity contribution in [1.29, 1.82) is 0 Å². The van der Waals surface area contributed by atoms with Crippen LogP contribution >= 0.6 is 11.3 Å². The SMILES string of the molecule is CCNC(=O)NC1=NCC(C2CC(C(=O)OCC3CCNCC3)=CN=C2OCC2CCN(C)CC2)=C(c2nc(C(F)(F)F)cs2)C1. The highest BCUT2D eigenvalue weighted by Crippen LogP contribution is 2.39. The largest absolute Gasteiger partial charge is 0.480 e. The van der Waals surface area contributed by atoms with Gasteiger partial charge >= 0.3 is 18.2 Å². The first kappa shape index (κ1) is 34.0. The van der Waals surface area contributed by atoms with Crippen LogP contribution in [0.25, 0.3) is 5.57 Å². The molecule has 2 saturated heterocycles. The molecule has 4 aliphatic heterocycles. The van der Waals surface area contributed by atoms with Gasteiger partial charge in [-0.05, 0) is 95.2 Å². The molecule has 2 fully saturated rings.